The van der Waals surface area contributed by atoms with Crippen molar-refractivity contribution in [3.8, 4) is 0 Å². The second-order valence-corrected chi connectivity index (χ2v) is 5.76. The molecule has 2 aliphatic heterocycles. The number of primary amides is 1. The van der Waals surface area contributed by atoms with Crippen molar-refractivity contribution < 1.29 is 14.3 Å². The van der Waals surface area contributed by atoms with Gasteiger partial charge in [0, 0.05) is 13.0 Å². The van der Waals surface area contributed by atoms with Crippen LogP contribution < -0.4 is 16.4 Å². The number of hydrogen-bond acceptors (Lipinski definition) is 4. The zero-order chi connectivity index (χ0) is 14.4. The number of hydrogen-bond donors (Lipinski definition) is 3. The van der Waals surface area contributed by atoms with Crippen LogP contribution in [-0.2, 0) is 14.3 Å². The lowest BCUT2D eigenvalue weighted by atomic mass is 9.93. The average Bonchev–Trinajstić information content (AvgIpc) is 2.93. The van der Waals surface area contributed by atoms with Crippen LogP contribution in [0.5, 0.6) is 0 Å². The molecule has 2 saturated heterocycles. The largest absolute Gasteiger partial charge is 0.367 e. The summed E-state index contributed by atoms with van der Waals surface area (Å²) in [5.41, 5.74) is 5.19. The molecule has 2 atom stereocenters. The Balaban J connectivity index is 1.57. The van der Waals surface area contributed by atoms with E-state index in [0.717, 1.165) is 25.9 Å². The van der Waals surface area contributed by atoms with Gasteiger partial charge in [-0.05, 0) is 51.1 Å². The maximum absolute atomic E-state index is 11.8. The first-order valence-corrected chi connectivity index (χ1v) is 7.57. The summed E-state index contributed by atoms with van der Waals surface area (Å²) in [7, 11) is 0. The van der Waals surface area contributed by atoms with E-state index in [2.05, 4.69) is 10.6 Å². The maximum Gasteiger partial charge on any atom is 0.246 e. The topological polar surface area (TPSA) is 93.5 Å². The first kappa shape index (κ1) is 15.3. The van der Waals surface area contributed by atoms with Crippen molar-refractivity contribution in [1.82, 2.24) is 10.6 Å². The van der Waals surface area contributed by atoms with Crippen molar-refractivity contribution in [2.75, 3.05) is 19.6 Å². The molecule has 2 unspecified atom stereocenters. The molecule has 6 heteroatoms. The monoisotopic (exact) mass is 283 g/mol. The molecule has 2 fully saturated rings. The first-order chi connectivity index (χ1) is 9.65. The van der Waals surface area contributed by atoms with Crippen LogP contribution in [0.25, 0.3) is 0 Å². The predicted octanol–water partition coefficient (Wildman–Crippen LogP) is -0.0847. The molecule has 2 amide bonds. The van der Waals surface area contributed by atoms with Gasteiger partial charge in [-0.2, -0.15) is 0 Å². The number of ether oxygens (including phenoxy) is 1. The second kappa shape index (κ2) is 7.59. The lowest BCUT2D eigenvalue weighted by Crippen LogP contribution is -2.35. The Morgan fingerprint density at radius 1 is 1.20 bits per heavy atom. The molecule has 0 radical (unpaired) electrons. The van der Waals surface area contributed by atoms with Gasteiger partial charge in [-0.3, -0.25) is 9.59 Å². The van der Waals surface area contributed by atoms with Gasteiger partial charge in [-0.1, -0.05) is 0 Å². The van der Waals surface area contributed by atoms with Crippen molar-refractivity contribution in [2.24, 2.45) is 11.7 Å². The summed E-state index contributed by atoms with van der Waals surface area (Å²) < 4.78 is 5.47. The van der Waals surface area contributed by atoms with E-state index in [1.807, 2.05) is 0 Å². The van der Waals surface area contributed by atoms with Crippen LogP contribution in [-0.4, -0.2) is 43.7 Å². The van der Waals surface area contributed by atoms with Crippen molar-refractivity contribution in [2.45, 2.75) is 50.7 Å². The maximum atomic E-state index is 11.8. The number of carbonyl (C=O) groups is 2. The third-order valence-corrected chi connectivity index (χ3v) is 4.19. The SMILES string of the molecule is NC(=O)C1CCC(CNC(=O)CCC2CCNCC2)O1. The van der Waals surface area contributed by atoms with Gasteiger partial charge in [-0.25, -0.2) is 0 Å². The van der Waals surface area contributed by atoms with Gasteiger partial charge in [0.15, 0.2) is 0 Å². The van der Waals surface area contributed by atoms with E-state index in [-0.39, 0.29) is 12.0 Å². The minimum Gasteiger partial charge on any atom is -0.367 e. The lowest BCUT2D eigenvalue weighted by Gasteiger charge is -2.22. The molecule has 4 N–H and O–H groups in total. The highest BCUT2D eigenvalue weighted by atomic mass is 16.5. The summed E-state index contributed by atoms with van der Waals surface area (Å²) in [6.45, 7) is 2.61. The molecule has 0 saturated carbocycles. The molecular weight excluding hydrogens is 258 g/mol. The third-order valence-electron chi connectivity index (χ3n) is 4.19. The van der Waals surface area contributed by atoms with Crippen molar-refractivity contribution >= 4 is 11.8 Å². The number of rotatable bonds is 6. The summed E-state index contributed by atoms with van der Waals surface area (Å²) in [5, 5.41) is 6.21. The van der Waals surface area contributed by atoms with Gasteiger partial charge in [0.2, 0.25) is 11.8 Å². The highest BCUT2D eigenvalue weighted by molar-refractivity contribution is 5.79. The normalized spacial score (nSPS) is 27.4. The van der Waals surface area contributed by atoms with Gasteiger partial charge in [0.05, 0.1) is 6.10 Å². The fourth-order valence-electron chi connectivity index (χ4n) is 2.89. The molecule has 2 aliphatic rings. The zero-order valence-corrected chi connectivity index (χ0v) is 11.9. The van der Waals surface area contributed by atoms with E-state index >= 15 is 0 Å². The smallest absolute Gasteiger partial charge is 0.246 e. The van der Waals surface area contributed by atoms with Crippen molar-refractivity contribution in [3.05, 3.63) is 0 Å². The van der Waals surface area contributed by atoms with E-state index in [1.165, 1.54) is 12.8 Å². The third kappa shape index (κ3) is 4.76. The molecule has 2 heterocycles. The van der Waals surface area contributed by atoms with Gasteiger partial charge >= 0.3 is 0 Å². The zero-order valence-electron chi connectivity index (χ0n) is 11.9. The molecule has 20 heavy (non-hydrogen) atoms. The summed E-state index contributed by atoms with van der Waals surface area (Å²) >= 11 is 0. The summed E-state index contributed by atoms with van der Waals surface area (Å²) in [6, 6.07) is 0. The van der Waals surface area contributed by atoms with Crippen LogP contribution in [0.4, 0.5) is 0 Å². The van der Waals surface area contributed by atoms with E-state index in [1.54, 1.807) is 0 Å². The predicted molar refractivity (Wildman–Crippen MR) is 74.9 cm³/mol. The highest BCUT2D eigenvalue weighted by Gasteiger charge is 2.29. The molecule has 0 spiro atoms. The lowest BCUT2D eigenvalue weighted by molar-refractivity contribution is -0.128. The molecule has 6 nitrogen and oxygen atoms in total. The number of nitrogens with two attached hydrogens (primary N) is 1. The van der Waals surface area contributed by atoms with Gasteiger partial charge in [-0.15, -0.1) is 0 Å². The van der Waals surface area contributed by atoms with E-state index < -0.39 is 12.0 Å². The number of amides is 2. The Bertz CT molecular complexity index is 343. The number of carbonyl (C=O) groups excluding carboxylic acids is 2. The number of piperidine rings is 1. The standard InChI is InChI=1S/C14H25N3O3/c15-14(19)12-3-2-11(20-12)9-17-13(18)4-1-10-5-7-16-8-6-10/h10-12,16H,1-9H2,(H2,15,19)(H,17,18). The van der Waals surface area contributed by atoms with Crippen LogP contribution in [0.1, 0.15) is 38.5 Å². The Morgan fingerprint density at radius 2 is 1.95 bits per heavy atom. The highest BCUT2D eigenvalue weighted by Crippen LogP contribution is 2.19. The minimum atomic E-state index is -0.480. The Labute approximate surface area is 119 Å². The minimum absolute atomic E-state index is 0.0738. The fourth-order valence-corrected chi connectivity index (χ4v) is 2.89. The van der Waals surface area contributed by atoms with E-state index in [9.17, 15) is 9.59 Å². The second-order valence-electron chi connectivity index (χ2n) is 5.76. The van der Waals surface area contributed by atoms with Crippen molar-refractivity contribution in [1.29, 1.82) is 0 Å². The van der Waals surface area contributed by atoms with Gasteiger partial charge < -0.3 is 21.1 Å². The van der Waals surface area contributed by atoms with Crippen LogP contribution in [0.15, 0.2) is 0 Å². The fraction of sp³-hybridized carbons (Fsp3) is 0.857. The Hall–Kier alpha value is -1.14. The summed E-state index contributed by atoms with van der Waals surface area (Å²) in [4.78, 5) is 22.8. The summed E-state index contributed by atoms with van der Waals surface area (Å²) in [6.07, 6.45) is 4.76. The van der Waals surface area contributed by atoms with E-state index in [4.69, 9.17) is 10.5 Å². The van der Waals surface area contributed by atoms with Crippen LogP contribution in [0, 0.1) is 5.92 Å². The first-order valence-electron chi connectivity index (χ1n) is 7.57. The molecule has 0 bridgehead atoms. The molecule has 0 aromatic heterocycles. The van der Waals surface area contributed by atoms with Gasteiger partial charge in [0.1, 0.15) is 6.10 Å². The Morgan fingerprint density at radius 3 is 2.60 bits per heavy atom. The average molecular weight is 283 g/mol. The molecule has 114 valence electrons. The molecule has 0 aromatic carbocycles. The van der Waals surface area contributed by atoms with E-state index in [0.29, 0.717) is 25.3 Å². The summed E-state index contributed by atoms with van der Waals surface area (Å²) in [5.74, 6) is 0.336. The van der Waals surface area contributed by atoms with Crippen LogP contribution in [0.2, 0.25) is 0 Å². The molecular formula is C14H25N3O3. The van der Waals surface area contributed by atoms with Gasteiger partial charge in [0.25, 0.3) is 0 Å². The quantitative estimate of drug-likeness (QED) is 0.635. The molecule has 2 rings (SSSR count). The van der Waals surface area contributed by atoms with Crippen LogP contribution >= 0.6 is 0 Å². The Kier molecular flexibility index (Phi) is 5.79. The molecule has 0 aliphatic carbocycles. The van der Waals surface area contributed by atoms with Crippen LogP contribution in [0.3, 0.4) is 0 Å². The number of nitrogens with one attached hydrogen (secondary N) is 2. The molecule has 0 aromatic rings. The van der Waals surface area contributed by atoms with Crippen molar-refractivity contribution in [3.63, 3.8) is 0 Å².